The van der Waals surface area contributed by atoms with Gasteiger partial charge in [-0.2, -0.15) is 18.3 Å². The number of aryl methyl sites for hydroxylation is 2. The second kappa shape index (κ2) is 14.2. The Labute approximate surface area is 288 Å². The first-order valence-electron chi connectivity index (χ1n) is 14.0. The van der Waals surface area contributed by atoms with Crippen molar-refractivity contribution < 1.29 is 41.0 Å². The predicted molar refractivity (Wildman–Crippen MR) is 171 cm³/mol. The van der Waals surface area contributed by atoms with Crippen molar-refractivity contribution in [3.63, 3.8) is 0 Å². The number of aliphatic hydroxyl groups excluding tert-OH is 1. The van der Waals surface area contributed by atoms with Crippen LogP contribution in [0.15, 0.2) is 48.5 Å². The third-order valence-electron chi connectivity index (χ3n) is 7.14. The highest BCUT2D eigenvalue weighted by atomic mass is 35.5. The summed E-state index contributed by atoms with van der Waals surface area (Å²) in [6.45, 7) is -1.17. The fourth-order valence-corrected chi connectivity index (χ4v) is 5.42. The highest BCUT2D eigenvalue weighted by Crippen LogP contribution is 2.38. The van der Waals surface area contributed by atoms with Crippen LogP contribution in [-0.2, 0) is 26.8 Å². The third-order valence-corrected chi connectivity index (χ3v) is 8.18. The molecule has 0 spiro atoms. The molecule has 10 nitrogen and oxygen atoms in total. The van der Waals surface area contributed by atoms with E-state index >= 15 is 0 Å². The molecular weight excluding hydrogens is 727 g/mol. The zero-order valence-electron chi connectivity index (χ0n) is 25.1. The molecule has 0 fully saturated rings. The van der Waals surface area contributed by atoms with Gasteiger partial charge in [0.05, 0.1) is 31.8 Å². The number of amides is 1. The van der Waals surface area contributed by atoms with Crippen molar-refractivity contribution in [3.8, 4) is 5.75 Å². The SMILES string of the molecule is Cn1nc(C(F)(F)F)cc1C(=O)NCc1ccc(Cl)c(Nc2nc3cc([C@@H](O)Nc4ccc(F)c(Cl)c4)c(OCC(F)F)cc3n2C)c1Cl. The van der Waals surface area contributed by atoms with Crippen molar-refractivity contribution in [1.82, 2.24) is 24.6 Å². The van der Waals surface area contributed by atoms with Gasteiger partial charge in [0.1, 0.15) is 23.9 Å². The Morgan fingerprint density at radius 1 is 1.04 bits per heavy atom. The molecule has 1 amide bonds. The number of carbonyl (C=O) groups excluding carboxylic acids is 1. The maximum Gasteiger partial charge on any atom is 0.435 e. The zero-order valence-corrected chi connectivity index (χ0v) is 27.4. The average Bonchev–Trinajstić information content (AvgIpc) is 3.58. The number of fused-ring (bicyclic) bond motifs is 1. The number of anilines is 3. The Morgan fingerprint density at radius 2 is 1.78 bits per heavy atom. The summed E-state index contributed by atoms with van der Waals surface area (Å²) in [6, 6.07) is 10.0. The first kappa shape index (κ1) is 35.9. The summed E-state index contributed by atoms with van der Waals surface area (Å²) in [5.41, 5.74) is -0.103. The topological polar surface area (TPSA) is 118 Å². The summed E-state index contributed by atoms with van der Waals surface area (Å²) in [5.74, 6) is -1.44. The van der Waals surface area contributed by atoms with Gasteiger partial charge < -0.3 is 30.4 Å². The fourth-order valence-electron chi connectivity index (χ4n) is 4.70. The Kier molecular flexibility index (Phi) is 10.4. The molecule has 0 saturated heterocycles. The lowest BCUT2D eigenvalue weighted by atomic mass is 10.1. The number of alkyl halides is 5. The molecule has 2 aromatic heterocycles. The molecule has 5 aromatic rings. The molecule has 0 radical (unpaired) electrons. The minimum Gasteiger partial charge on any atom is -0.487 e. The highest BCUT2D eigenvalue weighted by Gasteiger charge is 2.35. The second-order valence-electron chi connectivity index (χ2n) is 10.5. The first-order valence-corrected chi connectivity index (χ1v) is 15.1. The lowest BCUT2D eigenvalue weighted by molar-refractivity contribution is -0.141. The number of rotatable bonds is 11. The molecule has 0 aliphatic heterocycles. The Morgan fingerprint density at radius 3 is 2.43 bits per heavy atom. The maximum atomic E-state index is 13.6. The Bertz CT molecular complexity index is 2040. The summed E-state index contributed by atoms with van der Waals surface area (Å²) < 4.78 is 86.6. The van der Waals surface area contributed by atoms with Gasteiger partial charge in [-0.25, -0.2) is 18.2 Å². The van der Waals surface area contributed by atoms with E-state index in [1.807, 2.05) is 0 Å². The number of hydrogen-bond donors (Lipinski definition) is 4. The van der Waals surface area contributed by atoms with Crippen LogP contribution in [0.25, 0.3) is 11.0 Å². The van der Waals surface area contributed by atoms with Gasteiger partial charge in [0.25, 0.3) is 12.3 Å². The number of benzene rings is 3. The van der Waals surface area contributed by atoms with Crippen LogP contribution in [0.1, 0.15) is 33.5 Å². The smallest absolute Gasteiger partial charge is 0.435 e. The monoisotopic (exact) mass is 749 g/mol. The molecule has 0 aliphatic rings. The highest BCUT2D eigenvalue weighted by molar-refractivity contribution is 6.39. The average molecular weight is 751 g/mol. The zero-order chi connectivity index (χ0) is 35.8. The number of halogens is 9. The van der Waals surface area contributed by atoms with E-state index in [2.05, 4.69) is 26.0 Å². The lowest BCUT2D eigenvalue weighted by Gasteiger charge is -2.19. The second-order valence-corrected chi connectivity index (χ2v) is 11.7. The van der Waals surface area contributed by atoms with Crippen molar-refractivity contribution in [2.75, 3.05) is 17.2 Å². The van der Waals surface area contributed by atoms with Crippen LogP contribution in [0, 0.1) is 5.82 Å². The summed E-state index contributed by atoms with van der Waals surface area (Å²) in [4.78, 5) is 17.2. The largest absolute Gasteiger partial charge is 0.487 e. The predicted octanol–water partition coefficient (Wildman–Crippen LogP) is 7.85. The molecule has 1 atom stereocenters. The van der Waals surface area contributed by atoms with Gasteiger partial charge >= 0.3 is 6.18 Å². The number of nitrogens with one attached hydrogen (secondary N) is 3. The van der Waals surface area contributed by atoms with Gasteiger partial charge in [-0.3, -0.25) is 9.48 Å². The van der Waals surface area contributed by atoms with Crippen molar-refractivity contribution >= 4 is 69.1 Å². The number of carbonyl (C=O) groups is 1. The van der Waals surface area contributed by atoms with Crippen LogP contribution in [0.3, 0.4) is 0 Å². The molecule has 2 heterocycles. The molecule has 0 unspecified atom stereocenters. The van der Waals surface area contributed by atoms with E-state index in [0.29, 0.717) is 17.1 Å². The van der Waals surface area contributed by atoms with Gasteiger partial charge in [-0.15, -0.1) is 0 Å². The van der Waals surface area contributed by atoms with E-state index in [0.717, 1.165) is 10.7 Å². The fraction of sp³-hybridized carbons (Fsp3) is 0.233. The van der Waals surface area contributed by atoms with Gasteiger partial charge in [0.2, 0.25) is 5.95 Å². The molecular formula is C30H24Cl3F6N7O3. The van der Waals surface area contributed by atoms with Crippen LogP contribution in [0.2, 0.25) is 15.1 Å². The molecule has 5 rings (SSSR count). The van der Waals surface area contributed by atoms with E-state index in [-0.39, 0.29) is 61.5 Å². The number of nitrogens with zero attached hydrogens (tertiary/aromatic N) is 4. The van der Waals surface area contributed by atoms with Gasteiger partial charge in [0.15, 0.2) is 11.9 Å². The van der Waals surface area contributed by atoms with Crippen molar-refractivity contribution in [2.45, 2.75) is 25.4 Å². The molecule has 3 aromatic carbocycles. The summed E-state index contributed by atoms with van der Waals surface area (Å²) in [5, 5.41) is 22.5. The van der Waals surface area contributed by atoms with Crippen LogP contribution in [0.4, 0.5) is 43.7 Å². The standard InChI is InChI=1S/C30H24Cl3F6N7O3/c1-45-20-9-22(49-12-24(35)36)15(27(47)41-14-4-6-18(34)17(32)7-14)8-19(20)42-29(45)43-26-16(31)5-3-13(25(26)33)11-40-28(48)21-10-23(30(37,38)39)44-46(21)2/h3-10,24,27,41,47H,11-12H2,1-2H3,(H,40,48)(H,42,43)/t27-/m1/s1. The molecule has 260 valence electrons. The molecule has 4 N–H and O–H groups in total. The summed E-state index contributed by atoms with van der Waals surface area (Å²) in [7, 11) is 2.80. The normalized spacial score (nSPS) is 12.4. The van der Waals surface area contributed by atoms with E-state index < -0.39 is 42.9 Å². The first-order chi connectivity index (χ1) is 23.0. The van der Waals surface area contributed by atoms with E-state index in [1.54, 1.807) is 7.05 Å². The van der Waals surface area contributed by atoms with Crippen molar-refractivity contribution in [2.24, 2.45) is 14.1 Å². The van der Waals surface area contributed by atoms with Crippen molar-refractivity contribution in [1.29, 1.82) is 0 Å². The van der Waals surface area contributed by atoms with Gasteiger partial charge in [-0.1, -0.05) is 40.9 Å². The van der Waals surface area contributed by atoms with Crippen LogP contribution in [-0.4, -0.2) is 43.4 Å². The molecule has 0 bridgehead atoms. The Hall–Kier alpha value is -4.38. The summed E-state index contributed by atoms with van der Waals surface area (Å²) in [6.07, 6.45) is -9.08. The maximum absolute atomic E-state index is 13.6. The van der Waals surface area contributed by atoms with Crippen molar-refractivity contribution in [3.05, 3.63) is 91.9 Å². The molecule has 19 heteroatoms. The molecule has 49 heavy (non-hydrogen) atoms. The lowest BCUT2D eigenvalue weighted by Crippen LogP contribution is -2.25. The van der Waals surface area contributed by atoms with Crippen LogP contribution in [0.5, 0.6) is 5.75 Å². The van der Waals surface area contributed by atoms with Gasteiger partial charge in [0, 0.05) is 44.0 Å². The number of ether oxygens (including phenoxy) is 1. The van der Waals surface area contributed by atoms with E-state index in [9.17, 15) is 36.2 Å². The van der Waals surface area contributed by atoms with Crippen LogP contribution >= 0.6 is 34.8 Å². The number of aromatic nitrogens is 4. The quantitative estimate of drug-likeness (QED) is 0.0803. The number of hydrogen-bond acceptors (Lipinski definition) is 7. The number of imidazole rings is 1. The summed E-state index contributed by atoms with van der Waals surface area (Å²) >= 11 is 18.9. The minimum absolute atomic E-state index is 0.0304. The molecule has 0 saturated carbocycles. The van der Waals surface area contributed by atoms with Crippen LogP contribution < -0.4 is 20.7 Å². The number of aliphatic hydroxyl groups is 1. The minimum atomic E-state index is -4.73. The Balaban J connectivity index is 1.42. The van der Waals surface area contributed by atoms with E-state index in [1.165, 1.54) is 48.0 Å². The molecule has 0 aliphatic carbocycles. The third kappa shape index (κ3) is 7.93. The van der Waals surface area contributed by atoms with Gasteiger partial charge in [-0.05, 0) is 35.9 Å². The van der Waals surface area contributed by atoms with E-state index in [4.69, 9.17) is 39.5 Å².